The van der Waals surface area contributed by atoms with Crippen molar-refractivity contribution < 1.29 is 14.6 Å². The highest BCUT2D eigenvalue weighted by Crippen LogP contribution is 2.41. The monoisotopic (exact) mass is 245 g/mol. The Labute approximate surface area is 105 Å². The van der Waals surface area contributed by atoms with E-state index in [9.17, 15) is 9.90 Å². The smallest absolute Gasteiger partial charge is 0.340 e. The lowest BCUT2D eigenvalue weighted by Gasteiger charge is -2.05. The zero-order valence-electron chi connectivity index (χ0n) is 10.4. The van der Waals surface area contributed by atoms with Crippen molar-refractivity contribution in [3.05, 3.63) is 29.5 Å². The quantitative estimate of drug-likeness (QED) is 0.828. The summed E-state index contributed by atoms with van der Waals surface area (Å²) in [6, 6.07) is 5.63. The van der Waals surface area contributed by atoms with E-state index in [1.165, 1.54) is 7.11 Å². The number of rotatable bonds is 2. The van der Waals surface area contributed by atoms with Crippen LogP contribution in [-0.2, 0) is 4.74 Å². The van der Waals surface area contributed by atoms with E-state index in [4.69, 9.17) is 4.74 Å². The van der Waals surface area contributed by atoms with Crippen LogP contribution in [0.3, 0.4) is 0 Å². The first-order chi connectivity index (χ1) is 8.63. The van der Waals surface area contributed by atoms with E-state index >= 15 is 0 Å². The van der Waals surface area contributed by atoms with Crippen LogP contribution in [0.4, 0.5) is 0 Å². The fourth-order valence-electron chi connectivity index (χ4n) is 2.59. The van der Waals surface area contributed by atoms with Gasteiger partial charge in [-0.15, -0.1) is 0 Å². The summed E-state index contributed by atoms with van der Waals surface area (Å²) in [5, 5.41) is 10.4. The first-order valence-corrected chi connectivity index (χ1v) is 6.05. The largest absolute Gasteiger partial charge is 0.508 e. The molecule has 0 amide bonds. The maximum absolute atomic E-state index is 11.9. The number of ether oxygens (including phenoxy) is 1. The number of esters is 1. The van der Waals surface area contributed by atoms with Crippen LogP contribution in [0.25, 0.3) is 10.9 Å². The highest BCUT2D eigenvalue weighted by molar-refractivity contribution is 6.06. The SMILES string of the molecule is COC(=O)c1c(C)n(C2CC2)c2ccc(O)cc12. The number of carbonyl (C=O) groups is 1. The molecule has 0 saturated heterocycles. The van der Waals surface area contributed by atoms with E-state index in [0.717, 1.165) is 29.4 Å². The number of carbonyl (C=O) groups excluding carboxylic acids is 1. The fraction of sp³-hybridized carbons (Fsp3) is 0.357. The molecule has 4 nitrogen and oxygen atoms in total. The van der Waals surface area contributed by atoms with Gasteiger partial charge in [0.15, 0.2) is 0 Å². The molecule has 94 valence electrons. The second-order valence-corrected chi connectivity index (χ2v) is 4.75. The van der Waals surface area contributed by atoms with Crippen molar-refractivity contribution in [3.8, 4) is 5.75 Å². The van der Waals surface area contributed by atoms with Gasteiger partial charge in [-0.2, -0.15) is 0 Å². The molecule has 0 spiro atoms. The lowest BCUT2D eigenvalue weighted by atomic mass is 10.1. The van der Waals surface area contributed by atoms with Gasteiger partial charge in [0.25, 0.3) is 0 Å². The van der Waals surface area contributed by atoms with Gasteiger partial charge in [-0.1, -0.05) is 0 Å². The molecule has 1 fully saturated rings. The molecule has 0 atom stereocenters. The second kappa shape index (κ2) is 3.77. The van der Waals surface area contributed by atoms with E-state index in [1.54, 1.807) is 12.1 Å². The van der Waals surface area contributed by atoms with Crippen molar-refractivity contribution in [1.29, 1.82) is 0 Å². The van der Waals surface area contributed by atoms with Crippen molar-refractivity contribution in [2.24, 2.45) is 0 Å². The number of fused-ring (bicyclic) bond motifs is 1. The average molecular weight is 245 g/mol. The lowest BCUT2D eigenvalue weighted by molar-refractivity contribution is 0.0602. The molecular formula is C14H15NO3. The minimum absolute atomic E-state index is 0.167. The van der Waals surface area contributed by atoms with Crippen molar-refractivity contribution in [3.63, 3.8) is 0 Å². The molecule has 4 heteroatoms. The maximum atomic E-state index is 11.9. The molecule has 1 heterocycles. The number of aromatic nitrogens is 1. The molecule has 1 N–H and O–H groups in total. The van der Waals surface area contributed by atoms with E-state index in [1.807, 2.05) is 13.0 Å². The Morgan fingerprint density at radius 3 is 2.78 bits per heavy atom. The number of hydrogen-bond donors (Lipinski definition) is 1. The molecule has 1 aliphatic rings. The Morgan fingerprint density at radius 1 is 1.44 bits per heavy atom. The summed E-state index contributed by atoms with van der Waals surface area (Å²) in [7, 11) is 1.38. The standard InChI is InChI=1S/C14H15NO3/c1-8-13(14(17)18-2)11-7-10(16)5-6-12(11)15(8)9-3-4-9/h5-7,9,16H,3-4H2,1-2H3. The van der Waals surface area contributed by atoms with E-state index < -0.39 is 0 Å². The van der Waals surface area contributed by atoms with Crippen LogP contribution in [0.2, 0.25) is 0 Å². The Bertz CT molecular complexity index is 638. The minimum atomic E-state index is -0.345. The Balaban J connectivity index is 2.35. The predicted molar refractivity (Wildman–Crippen MR) is 68.0 cm³/mol. The fourth-order valence-corrected chi connectivity index (χ4v) is 2.59. The number of benzene rings is 1. The molecule has 1 aromatic heterocycles. The summed E-state index contributed by atoms with van der Waals surface area (Å²) < 4.78 is 7.03. The molecule has 0 aliphatic heterocycles. The van der Waals surface area contributed by atoms with Crippen molar-refractivity contribution >= 4 is 16.9 Å². The molecule has 2 aromatic rings. The number of nitrogens with zero attached hydrogens (tertiary/aromatic N) is 1. The van der Waals surface area contributed by atoms with Crippen LogP contribution in [0.1, 0.15) is 34.9 Å². The van der Waals surface area contributed by atoms with Crippen LogP contribution >= 0.6 is 0 Å². The summed E-state index contributed by atoms with van der Waals surface area (Å²) in [5.74, 6) is -0.178. The topological polar surface area (TPSA) is 51.5 Å². The van der Waals surface area contributed by atoms with Crippen LogP contribution < -0.4 is 0 Å². The third-order valence-corrected chi connectivity index (χ3v) is 3.53. The Kier molecular flexibility index (Phi) is 2.33. The number of phenols is 1. The summed E-state index contributed by atoms with van der Waals surface area (Å²) in [4.78, 5) is 11.9. The summed E-state index contributed by atoms with van der Waals surface area (Å²) in [5.41, 5.74) is 2.48. The molecule has 0 bridgehead atoms. The number of aromatic hydroxyl groups is 1. The van der Waals surface area contributed by atoms with Gasteiger partial charge in [-0.05, 0) is 38.0 Å². The van der Waals surface area contributed by atoms with Crippen molar-refractivity contribution in [2.45, 2.75) is 25.8 Å². The van der Waals surface area contributed by atoms with Gasteiger partial charge in [-0.3, -0.25) is 0 Å². The average Bonchev–Trinajstić information content (AvgIpc) is 3.13. The first kappa shape index (κ1) is 11.1. The molecule has 1 aromatic carbocycles. The van der Waals surface area contributed by atoms with Gasteiger partial charge in [0.2, 0.25) is 0 Å². The Morgan fingerprint density at radius 2 is 2.17 bits per heavy atom. The Hall–Kier alpha value is -1.97. The van der Waals surface area contributed by atoms with Gasteiger partial charge in [0, 0.05) is 22.6 Å². The molecule has 1 saturated carbocycles. The van der Waals surface area contributed by atoms with Gasteiger partial charge in [-0.25, -0.2) is 4.79 Å². The third-order valence-electron chi connectivity index (χ3n) is 3.53. The molecule has 3 rings (SSSR count). The zero-order valence-corrected chi connectivity index (χ0v) is 10.4. The van der Waals surface area contributed by atoms with Crippen molar-refractivity contribution in [2.75, 3.05) is 7.11 Å². The molecule has 0 radical (unpaired) electrons. The van der Waals surface area contributed by atoms with Crippen molar-refractivity contribution in [1.82, 2.24) is 4.57 Å². The molecule has 0 unspecified atom stereocenters. The second-order valence-electron chi connectivity index (χ2n) is 4.75. The summed E-state index contributed by atoms with van der Waals surface area (Å²) in [6.45, 7) is 1.93. The van der Waals surface area contributed by atoms with E-state index in [-0.39, 0.29) is 11.7 Å². The number of phenolic OH excluding ortho intramolecular Hbond substituents is 1. The molecule has 18 heavy (non-hydrogen) atoms. The van der Waals surface area contributed by atoms with E-state index in [0.29, 0.717) is 11.6 Å². The first-order valence-electron chi connectivity index (χ1n) is 6.05. The highest BCUT2D eigenvalue weighted by atomic mass is 16.5. The maximum Gasteiger partial charge on any atom is 0.340 e. The summed E-state index contributed by atoms with van der Waals surface area (Å²) in [6.07, 6.45) is 2.29. The van der Waals surface area contributed by atoms with Gasteiger partial charge in [0.1, 0.15) is 5.75 Å². The molecular weight excluding hydrogens is 230 g/mol. The van der Waals surface area contributed by atoms with Gasteiger partial charge < -0.3 is 14.4 Å². The third kappa shape index (κ3) is 1.49. The molecule has 1 aliphatic carbocycles. The number of methoxy groups -OCH3 is 1. The summed E-state index contributed by atoms with van der Waals surface area (Å²) >= 11 is 0. The highest BCUT2D eigenvalue weighted by Gasteiger charge is 2.30. The van der Waals surface area contributed by atoms with E-state index in [2.05, 4.69) is 4.57 Å². The van der Waals surface area contributed by atoms with Crippen LogP contribution in [-0.4, -0.2) is 22.8 Å². The lowest BCUT2D eigenvalue weighted by Crippen LogP contribution is -2.04. The van der Waals surface area contributed by atoms with Crippen LogP contribution in [0.5, 0.6) is 5.75 Å². The normalized spacial score (nSPS) is 15.0. The number of hydrogen-bond acceptors (Lipinski definition) is 3. The van der Waals surface area contributed by atoms with Gasteiger partial charge in [0.05, 0.1) is 12.7 Å². The zero-order chi connectivity index (χ0) is 12.9. The van der Waals surface area contributed by atoms with Crippen LogP contribution in [0.15, 0.2) is 18.2 Å². The van der Waals surface area contributed by atoms with Crippen LogP contribution in [0, 0.1) is 6.92 Å². The minimum Gasteiger partial charge on any atom is -0.508 e. The van der Waals surface area contributed by atoms with Gasteiger partial charge >= 0.3 is 5.97 Å². The predicted octanol–water partition coefficient (Wildman–Crippen LogP) is 2.78.